The van der Waals surface area contributed by atoms with Crippen molar-refractivity contribution >= 4 is 33.2 Å². The smallest absolute Gasteiger partial charge is 0.245 e. The number of ether oxygens (including phenoxy) is 1. The monoisotopic (exact) mass is 395 g/mol. The molecule has 1 aliphatic rings. The lowest BCUT2D eigenvalue weighted by atomic mass is 10.0. The van der Waals surface area contributed by atoms with E-state index in [4.69, 9.17) is 27.9 Å². The van der Waals surface area contributed by atoms with E-state index in [-0.39, 0.29) is 21.1 Å². The van der Waals surface area contributed by atoms with Gasteiger partial charge in [-0.25, -0.2) is 18.1 Å². The molecule has 6 nitrogen and oxygen atoms in total. The molecule has 0 saturated carbocycles. The van der Waals surface area contributed by atoms with Crippen molar-refractivity contribution in [2.45, 2.75) is 31.2 Å². The highest BCUT2D eigenvalue weighted by Gasteiger charge is 2.27. The molecule has 1 aromatic heterocycles. The SMILES string of the molecule is CC(C)C[C@@H](CNS(=O)(=O)c1c(Cl)ccnc1Cl)N1CCOCC1. The fraction of sp³-hybridized carbons (Fsp3) is 0.667. The van der Waals surface area contributed by atoms with Gasteiger partial charge in [0, 0.05) is 31.9 Å². The van der Waals surface area contributed by atoms with Crippen LogP contribution in [0.5, 0.6) is 0 Å². The molecular formula is C15H23Cl2N3O3S. The van der Waals surface area contributed by atoms with Crippen LogP contribution in [0.3, 0.4) is 0 Å². The Morgan fingerprint density at radius 1 is 1.33 bits per heavy atom. The third-order valence-electron chi connectivity index (χ3n) is 3.90. The summed E-state index contributed by atoms with van der Waals surface area (Å²) in [5, 5.41) is -0.0592. The van der Waals surface area contributed by atoms with Crippen molar-refractivity contribution < 1.29 is 13.2 Å². The molecule has 0 aromatic carbocycles. The quantitative estimate of drug-likeness (QED) is 0.717. The Hall–Kier alpha value is -0.440. The number of nitrogens with zero attached hydrogens (tertiary/aromatic N) is 2. The first-order valence-corrected chi connectivity index (χ1v) is 10.2. The van der Waals surface area contributed by atoms with Crippen molar-refractivity contribution in [1.82, 2.24) is 14.6 Å². The lowest BCUT2D eigenvalue weighted by Gasteiger charge is -2.35. The maximum atomic E-state index is 12.6. The Morgan fingerprint density at radius 3 is 2.58 bits per heavy atom. The van der Waals surface area contributed by atoms with Gasteiger partial charge in [-0.15, -0.1) is 0 Å². The highest BCUT2D eigenvalue weighted by molar-refractivity contribution is 7.89. The molecule has 1 aliphatic heterocycles. The highest BCUT2D eigenvalue weighted by atomic mass is 35.5. The average Bonchev–Trinajstić information content (AvgIpc) is 2.51. The van der Waals surface area contributed by atoms with E-state index in [1.54, 1.807) is 0 Å². The van der Waals surface area contributed by atoms with Gasteiger partial charge in [-0.05, 0) is 18.4 Å². The van der Waals surface area contributed by atoms with Crippen LogP contribution in [-0.2, 0) is 14.8 Å². The van der Waals surface area contributed by atoms with E-state index < -0.39 is 10.0 Å². The maximum Gasteiger partial charge on any atom is 0.245 e. The molecule has 0 unspecified atom stereocenters. The topological polar surface area (TPSA) is 71.5 Å². The summed E-state index contributed by atoms with van der Waals surface area (Å²) in [5.41, 5.74) is 0. The van der Waals surface area contributed by atoms with E-state index in [2.05, 4.69) is 28.5 Å². The molecule has 9 heteroatoms. The maximum absolute atomic E-state index is 12.6. The Labute approximate surface area is 153 Å². The van der Waals surface area contributed by atoms with E-state index in [1.807, 2.05) is 0 Å². The van der Waals surface area contributed by atoms with E-state index in [0.29, 0.717) is 25.7 Å². The van der Waals surface area contributed by atoms with E-state index in [9.17, 15) is 8.42 Å². The summed E-state index contributed by atoms with van der Waals surface area (Å²) < 4.78 is 33.2. The predicted octanol–water partition coefficient (Wildman–Crippen LogP) is 2.41. The van der Waals surface area contributed by atoms with Gasteiger partial charge in [-0.1, -0.05) is 37.0 Å². The van der Waals surface area contributed by atoms with Crippen molar-refractivity contribution in [3.8, 4) is 0 Å². The van der Waals surface area contributed by atoms with Crippen LogP contribution in [0, 0.1) is 5.92 Å². The lowest BCUT2D eigenvalue weighted by molar-refractivity contribution is 0.0134. The van der Waals surface area contributed by atoms with Gasteiger partial charge < -0.3 is 4.74 Å². The molecule has 0 aliphatic carbocycles. The van der Waals surface area contributed by atoms with Crippen molar-refractivity contribution in [2.75, 3.05) is 32.8 Å². The van der Waals surface area contributed by atoms with Gasteiger partial charge >= 0.3 is 0 Å². The minimum Gasteiger partial charge on any atom is -0.379 e. The molecule has 0 amide bonds. The summed E-state index contributed by atoms with van der Waals surface area (Å²) >= 11 is 11.9. The number of rotatable bonds is 7. The minimum atomic E-state index is -3.83. The van der Waals surface area contributed by atoms with Crippen molar-refractivity contribution in [3.63, 3.8) is 0 Å². The van der Waals surface area contributed by atoms with E-state index in [0.717, 1.165) is 19.5 Å². The second-order valence-electron chi connectivity index (χ2n) is 6.20. The summed E-state index contributed by atoms with van der Waals surface area (Å²) in [6.45, 7) is 7.47. The largest absolute Gasteiger partial charge is 0.379 e. The molecule has 1 aromatic rings. The summed E-state index contributed by atoms with van der Waals surface area (Å²) in [6.07, 6.45) is 2.26. The average molecular weight is 396 g/mol. The van der Waals surface area contributed by atoms with Gasteiger partial charge in [0.05, 0.1) is 18.2 Å². The molecule has 1 fully saturated rings. The van der Waals surface area contributed by atoms with Crippen LogP contribution in [0.1, 0.15) is 20.3 Å². The molecule has 2 heterocycles. The highest BCUT2D eigenvalue weighted by Crippen LogP contribution is 2.27. The van der Waals surface area contributed by atoms with E-state index >= 15 is 0 Å². The van der Waals surface area contributed by atoms with Crippen LogP contribution < -0.4 is 4.72 Å². The Balaban J connectivity index is 2.12. The number of sulfonamides is 1. The fourth-order valence-corrected chi connectivity index (χ4v) is 4.88. The van der Waals surface area contributed by atoms with Gasteiger partial charge in [0.15, 0.2) is 5.15 Å². The standard InChI is InChI=1S/C15H23Cl2N3O3S/c1-11(2)9-12(20-5-7-23-8-6-20)10-19-24(21,22)14-13(16)3-4-18-15(14)17/h3-4,11-12,19H,5-10H2,1-2H3/t12-/m0/s1. The molecule has 0 bridgehead atoms. The summed E-state index contributed by atoms with van der Waals surface area (Å²) in [4.78, 5) is 5.90. The lowest BCUT2D eigenvalue weighted by Crippen LogP contribution is -2.49. The minimum absolute atomic E-state index is 0.0642. The van der Waals surface area contributed by atoms with Crippen LogP contribution in [0.15, 0.2) is 17.2 Å². The normalized spacial score (nSPS) is 18.0. The zero-order valence-electron chi connectivity index (χ0n) is 13.8. The van der Waals surface area contributed by atoms with E-state index in [1.165, 1.54) is 12.3 Å². The zero-order valence-corrected chi connectivity index (χ0v) is 16.2. The summed E-state index contributed by atoms with van der Waals surface area (Å²) in [5.74, 6) is 0.452. The number of morpholine rings is 1. The predicted molar refractivity (Wildman–Crippen MR) is 95.1 cm³/mol. The molecule has 2 rings (SSSR count). The number of halogens is 2. The van der Waals surface area contributed by atoms with Crippen molar-refractivity contribution in [3.05, 3.63) is 22.4 Å². The summed E-state index contributed by atoms with van der Waals surface area (Å²) in [7, 11) is -3.83. The number of hydrogen-bond donors (Lipinski definition) is 1. The first kappa shape index (κ1) is 19.9. The molecule has 24 heavy (non-hydrogen) atoms. The number of aromatic nitrogens is 1. The molecule has 136 valence electrons. The molecule has 0 radical (unpaired) electrons. The third-order valence-corrected chi connectivity index (χ3v) is 6.22. The van der Waals surface area contributed by atoms with Crippen LogP contribution in [-0.4, -0.2) is 57.2 Å². The summed E-state index contributed by atoms with van der Waals surface area (Å²) in [6, 6.07) is 1.51. The van der Waals surface area contributed by atoms with Crippen LogP contribution in [0.25, 0.3) is 0 Å². The van der Waals surface area contributed by atoms with Crippen molar-refractivity contribution in [2.24, 2.45) is 5.92 Å². The fourth-order valence-electron chi connectivity index (χ4n) is 2.77. The second-order valence-corrected chi connectivity index (χ2v) is 8.67. The van der Waals surface area contributed by atoms with Crippen LogP contribution in [0.4, 0.5) is 0 Å². The molecule has 1 N–H and O–H groups in total. The molecule has 1 atom stereocenters. The molecular weight excluding hydrogens is 373 g/mol. The zero-order chi connectivity index (χ0) is 17.7. The second kappa shape index (κ2) is 8.78. The molecule has 0 spiro atoms. The Morgan fingerprint density at radius 2 is 2.00 bits per heavy atom. The van der Waals surface area contributed by atoms with Crippen LogP contribution in [0.2, 0.25) is 10.2 Å². The first-order valence-electron chi connectivity index (χ1n) is 7.92. The first-order chi connectivity index (χ1) is 11.3. The third kappa shape index (κ3) is 5.28. The van der Waals surface area contributed by atoms with Crippen LogP contribution >= 0.6 is 23.2 Å². The number of hydrogen-bond acceptors (Lipinski definition) is 5. The Bertz CT molecular complexity index is 629. The Kier molecular flexibility index (Phi) is 7.27. The number of nitrogens with one attached hydrogen (secondary N) is 1. The van der Waals surface area contributed by atoms with Gasteiger partial charge in [0.25, 0.3) is 0 Å². The van der Waals surface area contributed by atoms with Gasteiger partial charge in [-0.3, -0.25) is 4.90 Å². The molecule has 1 saturated heterocycles. The van der Waals surface area contributed by atoms with Gasteiger partial charge in [-0.2, -0.15) is 0 Å². The van der Waals surface area contributed by atoms with Gasteiger partial charge in [0.1, 0.15) is 4.90 Å². The number of pyridine rings is 1. The van der Waals surface area contributed by atoms with Crippen molar-refractivity contribution in [1.29, 1.82) is 0 Å². The van der Waals surface area contributed by atoms with Gasteiger partial charge in [0.2, 0.25) is 10.0 Å².